The first-order valence-corrected chi connectivity index (χ1v) is 10.5. The standard InChI is InChI=1S/C18H32N6O7S/c1-8(2)5-11(18(30)31)23-16(28)10(6-14(21)26)22-17(29)12(7-32)24-15(27)9(19)3-4-13(20)25/h8-12,32H,3-7,19H2,1-2H3,(H2,20,25)(H2,21,26)(H,22,29)(H,23,28)(H,24,27)(H,30,31). The van der Waals surface area contributed by atoms with E-state index in [9.17, 15) is 33.9 Å². The topological polar surface area (TPSA) is 237 Å². The van der Waals surface area contributed by atoms with Gasteiger partial charge in [0.25, 0.3) is 0 Å². The molecule has 0 aromatic carbocycles. The van der Waals surface area contributed by atoms with Crippen LogP contribution in [0.25, 0.3) is 0 Å². The van der Waals surface area contributed by atoms with E-state index in [4.69, 9.17) is 17.2 Å². The first-order chi connectivity index (χ1) is 14.8. The molecule has 0 aliphatic heterocycles. The molecule has 0 saturated heterocycles. The molecule has 0 heterocycles. The maximum absolute atomic E-state index is 12.6. The second-order valence-corrected chi connectivity index (χ2v) is 7.98. The van der Waals surface area contributed by atoms with Crippen LogP contribution in [-0.2, 0) is 28.8 Å². The van der Waals surface area contributed by atoms with Gasteiger partial charge in [0.15, 0.2) is 0 Å². The highest BCUT2D eigenvalue weighted by atomic mass is 32.1. The van der Waals surface area contributed by atoms with Crippen LogP contribution in [-0.4, -0.2) is 70.5 Å². The highest BCUT2D eigenvalue weighted by Gasteiger charge is 2.31. The normalized spacial score (nSPS) is 14.5. The van der Waals surface area contributed by atoms with Crippen LogP contribution in [0.5, 0.6) is 0 Å². The highest BCUT2D eigenvalue weighted by molar-refractivity contribution is 7.80. The van der Waals surface area contributed by atoms with Gasteiger partial charge in [-0.05, 0) is 18.8 Å². The number of nitrogens with two attached hydrogens (primary N) is 3. The molecule has 0 aromatic rings. The molecule has 0 radical (unpaired) electrons. The van der Waals surface area contributed by atoms with Crippen LogP contribution in [0.15, 0.2) is 0 Å². The van der Waals surface area contributed by atoms with Gasteiger partial charge in [0.2, 0.25) is 29.5 Å². The number of carbonyl (C=O) groups is 6. The van der Waals surface area contributed by atoms with Gasteiger partial charge in [-0.15, -0.1) is 0 Å². The SMILES string of the molecule is CC(C)CC(NC(=O)C(CC(N)=O)NC(=O)C(CS)NC(=O)C(N)CCC(N)=O)C(=O)O. The Bertz CT molecular complexity index is 718. The zero-order valence-corrected chi connectivity index (χ0v) is 18.9. The number of nitrogens with one attached hydrogen (secondary N) is 3. The first-order valence-electron chi connectivity index (χ1n) is 9.85. The Labute approximate surface area is 191 Å². The fourth-order valence-corrected chi connectivity index (χ4v) is 2.81. The van der Waals surface area contributed by atoms with Crippen molar-refractivity contribution in [3.63, 3.8) is 0 Å². The maximum atomic E-state index is 12.6. The number of carboxylic acids is 1. The zero-order chi connectivity index (χ0) is 25.0. The van der Waals surface area contributed by atoms with Crippen molar-refractivity contribution >= 4 is 48.1 Å². The lowest BCUT2D eigenvalue weighted by Gasteiger charge is -2.24. The molecule has 0 rings (SSSR count). The lowest BCUT2D eigenvalue weighted by Crippen LogP contribution is -2.58. The van der Waals surface area contributed by atoms with E-state index in [0.717, 1.165) is 0 Å². The van der Waals surface area contributed by atoms with Crippen LogP contribution in [0.1, 0.15) is 39.5 Å². The molecule has 13 nitrogen and oxygen atoms in total. The Morgan fingerprint density at radius 2 is 1.34 bits per heavy atom. The molecular weight excluding hydrogens is 444 g/mol. The van der Waals surface area contributed by atoms with E-state index in [-0.39, 0.29) is 30.9 Å². The van der Waals surface area contributed by atoms with Crippen molar-refractivity contribution in [3.8, 4) is 0 Å². The van der Waals surface area contributed by atoms with Crippen molar-refractivity contribution in [2.45, 2.75) is 63.7 Å². The van der Waals surface area contributed by atoms with Crippen molar-refractivity contribution in [1.82, 2.24) is 16.0 Å². The first kappa shape index (κ1) is 29.1. The summed E-state index contributed by atoms with van der Waals surface area (Å²) in [5, 5.41) is 16.1. The van der Waals surface area contributed by atoms with Crippen molar-refractivity contribution < 1.29 is 33.9 Å². The Balaban J connectivity index is 5.25. The molecule has 0 fully saturated rings. The van der Waals surface area contributed by atoms with E-state index in [1.165, 1.54) is 0 Å². The minimum Gasteiger partial charge on any atom is -0.480 e. The monoisotopic (exact) mass is 476 g/mol. The minimum absolute atomic E-state index is 0.0405. The maximum Gasteiger partial charge on any atom is 0.326 e. The Morgan fingerprint density at radius 3 is 1.78 bits per heavy atom. The van der Waals surface area contributed by atoms with Crippen molar-refractivity contribution in [3.05, 3.63) is 0 Å². The predicted octanol–water partition coefficient (Wildman–Crippen LogP) is -3.03. The predicted molar refractivity (Wildman–Crippen MR) is 117 cm³/mol. The number of amides is 5. The number of hydrogen-bond acceptors (Lipinski definition) is 8. The van der Waals surface area contributed by atoms with Gasteiger partial charge in [-0.1, -0.05) is 13.8 Å². The van der Waals surface area contributed by atoms with Gasteiger partial charge < -0.3 is 38.3 Å². The van der Waals surface area contributed by atoms with Gasteiger partial charge in [0.05, 0.1) is 12.5 Å². The lowest BCUT2D eigenvalue weighted by molar-refractivity contribution is -0.143. The molecule has 4 unspecified atom stereocenters. The van der Waals surface area contributed by atoms with Crippen LogP contribution < -0.4 is 33.2 Å². The molecule has 5 amide bonds. The van der Waals surface area contributed by atoms with Gasteiger partial charge in [0, 0.05) is 12.2 Å². The fraction of sp³-hybridized carbons (Fsp3) is 0.667. The minimum atomic E-state index is -1.48. The molecule has 32 heavy (non-hydrogen) atoms. The molecule has 14 heteroatoms. The lowest BCUT2D eigenvalue weighted by atomic mass is 10.0. The van der Waals surface area contributed by atoms with E-state index in [1.807, 2.05) is 0 Å². The molecule has 182 valence electrons. The summed E-state index contributed by atoms with van der Waals surface area (Å²) in [6.45, 7) is 3.53. The second-order valence-electron chi connectivity index (χ2n) is 7.62. The van der Waals surface area contributed by atoms with Crippen LogP contribution in [0, 0.1) is 5.92 Å². The third kappa shape index (κ3) is 11.5. The largest absolute Gasteiger partial charge is 0.480 e. The van der Waals surface area contributed by atoms with Gasteiger partial charge in [-0.3, -0.25) is 24.0 Å². The molecule has 4 atom stereocenters. The Morgan fingerprint density at radius 1 is 0.844 bits per heavy atom. The zero-order valence-electron chi connectivity index (χ0n) is 18.0. The van der Waals surface area contributed by atoms with Crippen LogP contribution in [0.3, 0.4) is 0 Å². The van der Waals surface area contributed by atoms with Crippen molar-refractivity contribution in [2.75, 3.05) is 5.75 Å². The summed E-state index contributed by atoms with van der Waals surface area (Å²) in [7, 11) is 0. The molecular formula is C18H32N6O7S. The molecule has 0 saturated carbocycles. The summed E-state index contributed by atoms with van der Waals surface area (Å²) in [5.41, 5.74) is 15.8. The van der Waals surface area contributed by atoms with Gasteiger partial charge in [-0.25, -0.2) is 4.79 Å². The van der Waals surface area contributed by atoms with E-state index in [1.54, 1.807) is 13.8 Å². The molecule has 0 aliphatic carbocycles. The van der Waals surface area contributed by atoms with E-state index in [0.29, 0.717) is 0 Å². The summed E-state index contributed by atoms with van der Waals surface area (Å²) in [6, 6.07) is -5.07. The van der Waals surface area contributed by atoms with E-state index >= 15 is 0 Å². The van der Waals surface area contributed by atoms with Gasteiger partial charge in [-0.2, -0.15) is 12.6 Å². The fourth-order valence-electron chi connectivity index (χ4n) is 2.55. The summed E-state index contributed by atoms with van der Waals surface area (Å²) >= 11 is 3.99. The smallest absolute Gasteiger partial charge is 0.326 e. The van der Waals surface area contributed by atoms with Gasteiger partial charge >= 0.3 is 5.97 Å². The van der Waals surface area contributed by atoms with Crippen molar-refractivity contribution in [2.24, 2.45) is 23.1 Å². The van der Waals surface area contributed by atoms with E-state index in [2.05, 4.69) is 28.6 Å². The number of carbonyl (C=O) groups excluding carboxylic acids is 5. The van der Waals surface area contributed by atoms with Crippen molar-refractivity contribution in [1.29, 1.82) is 0 Å². The number of carboxylic acid groups (broad SMARTS) is 1. The molecule has 0 aliphatic rings. The number of hydrogen-bond donors (Lipinski definition) is 8. The number of rotatable bonds is 15. The number of thiol groups is 1. The Kier molecular flexibility index (Phi) is 13.0. The highest BCUT2D eigenvalue weighted by Crippen LogP contribution is 2.06. The average molecular weight is 477 g/mol. The summed E-state index contributed by atoms with van der Waals surface area (Å²) in [4.78, 5) is 70.8. The second kappa shape index (κ2) is 14.2. The number of aliphatic carboxylic acids is 1. The van der Waals surface area contributed by atoms with Crippen LogP contribution in [0.4, 0.5) is 0 Å². The third-order valence-corrected chi connectivity index (χ3v) is 4.58. The van der Waals surface area contributed by atoms with E-state index < -0.39 is 66.1 Å². The molecule has 0 spiro atoms. The van der Waals surface area contributed by atoms with Crippen LogP contribution in [0.2, 0.25) is 0 Å². The number of primary amides is 2. The molecule has 0 bridgehead atoms. The summed E-state index contributed by atoms with van der Waals surface area (Å²) < 4.78 is 0. The Hall–Kier alpha value is -2.87. The molecule has 0 aromatic heterocycles. The van der Waals surface area contributed by atoms with Crippen LogP contribution >= 0.6 is 12.6 Å². The summed E-state index contributed by atoms with van der Waals surface area (Å²) in [5.74, 6) is -5.62. The third-order valence-electron chi connectivity index (χ3n) is 4.21. The summed E-state index contributed by atoms with van der Waals surface area (Å²) in [6.07, 6.45) is -0.650. The average Bonchev–Trinajstić information content (AvgIpc) is 2.67. The molecule has 10 N–H and O–H groups in total. The quantitative estimate of drug-likeness (QED) is 0.113. The van der Waals surface area contributed by atoms with Gasteiger partial charge in [0.1, 0.15) is 18.1 Å².